The number of anilines is 1. The Morgan fingerprint density at radius 1 is 0.581 bits per heavy atom. The molecular weight excluding hydrogens is 482 g/mol. The molecule has 2 aromatic rings. The molecule has 172 valence electrons. The molecule has 0 aliphatic carbocycles. The molecule has 0 amide bonds. The Hall–Kier alpha value is -2.45. The summed E-state index contributed by atoms with van der Waals surface area (Å²) in [6, 6.07) is -1.23. The van der Waals surface area contributed by atoms with Crippen LogP contribution < -0.4 is 5.73 Å². The van der Waals surface area contributed by atoms with Gasteiger partial charge in [0.15, 0.2) is 0 Å². The molecule has 2 rings (SSSR count). The fourth-order valence-corrected chi connectivity index (χ4v) is 3.70. The lowest BCUT2D eigenvalue weighted by Crippen LogP contribution is -2.17. The van der Waals surface area contributed by atoms with E-state index in [1.165, 1.54) is 0 Å². The molecule has 0 aliphatic heterocycles. The first-order valence-corrected chi connectivity index (χ1v) is 8.67. The first-order valence-electron chi connectivity index (χ1n) is 7.52. The Balaban J connectivity index is 2.84. The molecule has 2 nitrogen and oxygen atoms in total. The molecule has 31 heavy (non-hydrogen) atoms. The van der Waals surface area contributed by atoms with E-state index in [9.17, 15) is 56.9 Å². The standard InChI is InChI=1S/C16H7F12NOS/c17-13(18,19)6-1-7(14(20,21)22)3-8(2-6)31(30)12-5-9(15(23,24)25)11(29)4-10(12)16(26,27)28/h1-5H,29H2. The van der Waals surface area contributed by atoms with Crippen molar-refractivity contribution in [1.82, 2.24) is 0 Å². The molecule has 0 saturated carbocycles. The molecule has 1 unspecified atom stereocenters. The highest BCUT2D eigenvalue weighted by Crippen LogP contribution is 2.43. The molecule has 0 aliphatic rings. The minimum Gasteiger partial charge on any atom is -0.398 e. The lowest BCUT2D eigenvalue weighted by molar-refractivity contribution is -0.143. The van der Waals surface area contributed by atoms with Crippen LogP contribution in [0, 0.1) is 0 Å². The van der Waals surface area contributed by atoms with Gasteiger partial charge in [0, 0.05) is 10.6 Å². The molecule has 0 fully saturated rings. The highest BCUT2D eigenvalue weighted by atomic mass is 32.2. The molecule has 0 heterocycles. The average molecular weight is 489 g/mol. The molecule has 0 spiro atoms. The van der Waals surface area contributed by atoms with E-state index in [2.05, 4.69) is 0 Å². The largest absolute Gasteiger partial charge is 0.418 e. The number of alkyl halides is 12. The molecule has 2 aromatic carbocycles. The van der Waals surface area contributed by atoms with Crippen molar-refractivity contribution in [2.75, 3.05) is 5.73 Å². The second-order valence-electron chi connectivity index (χ2n) is 5.94. The van der Waals surface area contributed by atoms with E-state index < -0.39 is 73.2 Å². The second kappa shape index (κ2) is 7.60. The third-order valence-corrected chi connectivity index (χ3v) is 5.14. The van der Waals surface area contributed by atoms with Gasteiger partial charge in [-0.05, 0) is 30.3 Å². The topological polar surface area (TPSA) is 43.1 Å². The normalized spacial score (nSPS) is 14.6. The van der Waals surface area contributed by atoms with Gasteiger partial charge in [-0.15, -0.1) is 0 Å². The Bertz CT molecular complexity index is 985. The Morgan fingerprint density at radius 2 is 1.00 bits per heavy atom. The molecule has 2 N–H and O–H groups in total. The zero-order valence-electron chi connectivity index (χ0n) is 14.3. The molecule has 1 atom stereocenters. The van der Waals surface area contributed by atoms with Crippen LogP contribution in [0.4, 0.5) is 58.4 Å². The van der Waals surface area contributed by atoms with Crippen LogP contribution in [0.5, 0.6) is 0 Å². The highest BCUT2D eigenvalue weighted by molar-refractivity contribution is 7.85. The number of rotatable bonds is 2. The average Bonchev–Trinajstić information content (AvgIpc) is 2.57. The van der Waals surface area contributed by atoms with E-state index in [4.69, 9.17) is 5.73 Å². The van der Waals surface area contributed by atoms with Crippen LogP contribution in [-0.4, -0.2) is 4.21 Å². The number of hydrogen-bond acceptors (Lipinski definition) is 2. The molecule has 0 radical (unpaired) electrons. The summed E-state index contributed by atoms with van der Waals surface area (Å²) >= 11 is 0. The molecular formula is C16H7F12NOS. The Labute approximate surface area is 167 Å². The van der Waals surface area contributed by atoms with Gasteiger partial charge < -0.3 is 5.73 Å². The van der Waals surface area contributed by atoms with Crippen molar-refractivity contribution in [3.05, 3.63) is 52.6 Å². The van der Waals surface area contributed by atoms with Crippen LogP contribution in [0.25, 0.3) is 0 Å². The Kier molecular flexibility index (Phi) is 6.08. The number of benzene rings is 2. The van der Waals surface area contributed by atoms with E-state index in [1.54, 1.807) is 0 Å². The van der Waals surface area contributed by atoms with Crippen molar-refractivity contribution in [2.24, 2.45) is 0 Å². The number of nitrogen functional groups attached to an aromatic ring is 1. The first-order chi connectivity index (χ1) is 13.7. The van der Waals surface area contributed by atoms with Crippen LogP contribution in [0.2, 0.25) is 0 Å². The molecule has 15 heteroatoms. The van der Waals surface area contributed by atoms with Crippen molar-refractivity contribution in [1.29, 1.82) is 0 Å². The van der Waals surface area contributed by atoms with Gasteiger partial charge in [0.1, 0.15) is 0 Å². The maximum absolute atomic E-state index is 13.2. The summed E-state index contributed by atoms with van der Waals surface area (Å²) in [6.07, 6.45) is -21.7. The van der Waals surface area contributed by atoms with E-state index in [-0.39, 0.29) is 30.3 Å². The fourth-order valence-electron chi connectivity index (χ4n) is 2.38. The maximum Gasteiger partial charge on any atom is 0.418 e. The summed E-state index contributed by atoms with van der Waals surface area (Å²) in [5.74, 6) is 0. The number of halogens is 12. The number of nitrogens with two attached hydrogens (primary N) is 1. The zero-order chi connectivity index (χ0) is 24.2. The van der Waals surface area contributed by atoms with Gasteiger partial charge in [0.2, 0.25) is 0 Å². The minimum absolute atomic E-state index is 0.144. The van der Waals surface area contributed by atoms with Gasteiger partial charge >= 0.3 is 24.7 Å². The predicted octanol–water partition coefficient (Wildman–Crippen LogP) is 6.51. The smallest absolute Gasteiger partial charge is 0.398 e. The van der Waals surface area contributed by atoms with Crippen molar-refractivity contribution < 1.29 is 56.9 Å². The molecule has 0 bridgehead atoms. The van der Waals surface area contributed by atoms with Crippen molar-refractivity contribution in [2.45, 2.75) is 34.5 Å². The van der Waals surface area contributed by atoms with Crippen LogP contribution >= 0.6 is 0 Å². The van der Waals surface area contributed by atoms with Crippen molar-refractivity contribution in [3.8, 4) is 0 Å². The quantitative estimate of drug-likeness (QED) is 0.386. The van der Waals surface area contributed by atoms with Crippen molar-refractivity contribution in [3.63, 3.8) is 0 Å². The number of hydrogen-bond donors (Lipinski definition) is 1. The maximum atomic E-state index is 13.2. The van der Waals surface area contributed by atoms with Crippen LogP contribution in [0.15, 0.2) is 40.1 Å². The first kappa shape index (κ1) is 24.8. The lowest BCUT2D eigenvalue weighted by atomic mass is 10.1. The minimum atomic E-state index is -5.47. The van der Waals surface area contributed by atoms with Crippen LogP contribution in [0.3, 0.4) is 0 Å². The zero-order valence-corrected chi connectivity index (χ0v) is 15.1. The van der Waals surface area contributed by atoms with Crippen LogP contribution in [-0.2, 0) is 35.5 Å². The van der Waals surface area contributed by atoms with Gasteiger partial charge in [0.05, 0.1) is 37.9 Å². The van der Waals surface area contributed by atoms with E-state index in [1.807, 2.05) is 0 Å². The summed E-state index contributed by atoms with van der Waals surface area (Å²) < 4.78 is 169. The van der Waals surface area contributed by atoms with Gasteiger partial charge in [-0.2, -0.15) is 52.7 Å². The van der Waals surface area contributed by atoms with Crippen LogP contribution in [0.1, 0.15) is 22.3 Å². The summed E-state index contributed by atoms with van der Waals surface area (Å²) in [5, 5.41) is 0. The summed E-state index contributed by atoms with van der Waals surface area (Å²) in [4.78, 5) is -3.15. The SMILES string of the molecule is Nc1cc(C(F)(F)F)c(S(=O)c2cc(C(F)(F)F)cc(C(F)(F)F)c2)cc1C(F)(F)F. The molecule has 0 saturated heterocycles. The summed E-state index contributed by atoms with van der Waals surface area (Å²) in [7, 11) is -3.52. The van der Waals surface area contributed by atoms with E-state index in [0.29, 0.717) is 0 Å². The van der Waals surface area contributed by atoms with E-state index in [0.717, 1.165) is 0 Å². The monoisotopic (exact) mass is 489 g/mol. The third kappa shape index (κ3) is 5.43. The summed E-state index contributed by atoms with van der Waals surface area (Å²) in [5.41, 5.74) is -4.40. The van der Waals surface area contributed by atoms with E-state index >= 15 is 0 Å². The van der Waals surface area contributed by atoms with Gasteiger partial charge in [-0.1, -0.05) is 0 Å². The fraction of sp³-hybridized carbons (Fsp3) is 0.250. The van der Waals surface area contributed by atoms with Gasteiger partial charge in [-0.25, -0.2) is 4.21 Å². The summed E-state index contributed by atoms with van der Waals surface area (Å²) in [6.45, 7) is 0. The van der Waals surface area contributed by atoms with Gasteiger partial charge in [-0.3, -0.25) is 0 Å². The molecule has 0 aromatic heterocycles. The second-order valence-corrected chi connectivity index (χ2v) is 7.39. The highest BCUT2D eigenvalue weighted by Gasteiger charge is 2.42. The van der Waals surface area contributed by atoms with Gasteiger partial charge in [0.25, 0.3) is 0 Å². The third-order valence-electron chi connectivity index (χ3n) is 3.74. The predicted molar refractivity (Wildman–Crippen MR) is 82.0 cm³/mol. The Morgan fingerprint density at radius 3 is 1.35 bits per heavy atom. The van der Waals surface area contributed by atoms with Crippen molar-refractivity contribution >= 4 is 16.5 Å². The lowest BCUT2D eigenvalue weighted by Gasteiger charge is -2.19.